The summed E-state index contributed by atoms with van der Waals surface area (Å²) < 4.78 is 8.56. The Hall–Kier alpha value is -0.970. The molecule has 1 rings (SSSR count). The Morgan fingerprint density at radius 3 is 2.70 bits per heavy atom. The fourth-order valence-corrected chi connectivity index (χ4v) is 0.981. The third-order valence-electron chi connectivity index (χ3n) is 0.911. The Balaban J connectivity index is 2.88. The van der Waals surface area contributed by atoms with Gasteiger partial charge in [0.25, 0.3) is 0 Å². The van der Waals surface area contributed by atoms with Crippen LogP contribution in [0.5, 0.6) is 6.01 Å². The summed E-state index contributed by atoms with van der Waals surface area (Å²) in [7, 11) is 1.51. The molecule has 10 heavy (non-hydrogen) atoms. The highest BCUT2D eigenvalue weighted by molar-refractivity contribution is 7.07. The molecular formula is C5H7N3OS. The Bertz CT molecular complexity index is 245. The van der Waals surface area contributed by atoms with Gasteiger partial charge in [0.15, 0.2) is 5.01 Å². The van der Waals surface area contributed by atoms with Gasteiger partial charge >= 0.3 is 6.01 Å². The average molecular weight is 157 g/mol. The highest BCUT2D eigenvalue weighted by Crippen LogP contribution is 2.09. The van der Waals surface area contributed by atoms with Crippen molar-refractivity contribution in [2.45, 2.75) is 6.92 Å². The van der Waals surface area contributed by atoms with E-state index >= 15 is 0 Å². The smallest absolute Gasteiger partial charge is 0.328 e. The molecule has 0 amide bonds. The van der Waals surface area contributed by atoms with E-state index in [0.717, 1.165) is 0 Å². The average Bonchev–Trinajstić information content (AvgIpc) is 2.34. The van der Waals surface area contributed by atoms with Gasteiger partial charge in [0.1, 0.15) is 0 Å². The van der Waals surface area contributed by atoms with Crippen LogP contribution < -0.4 is 4.74 Å². The number of hydrogen-bond donors (Lipinski definition) is 1. The molecule has 54 valence electrons. The van der Waals surface area contributed by atoms with E-state index < -0.39 is 0 Å². The summed E-state index contributed by atoms with van der Waals surface area (Å²) in [4.78, 5) is 3.89. The molecule has 0 aliphatic heterocycles. The van der Waals surface area contributed by atoms with Crippen LogP contribution in [0.2, 0.25) is 0 Å². The predicted octanol–water partition coefficient (Wildman–Crippen LogP) is 0.934. The third-order valence-corrected chi connectivity index (χ3v) is 1.73. The molecule has 0 saturated heterocycles. The van der Waals surface area contributed by atoms with Gasteiger partial charge in [-0.15, -0.1) is 4.37 Å². The molecule has 5 heteroatoms. The first kappa shape index (κ1) is 7.14. The minimum absolute atomic E-state index is 0.339. The van der Waals surface area contributed by atoms with Crippen LogP contribution in [-0.4, -0.2) is 22.2 Å². The number of ether oxygens (including phenoxy) is 1. The summed E-state index contributed by atoms with van der Waals surface area (Å²) >= 11 is 1.17. The number of methoxy groups -OCH3 is 1. The first-order valence-corrected chi connectivity index (χ1v) is 3.44. The lowest BCUT2D eigenvalue weighted by Gasteiger charge is -1.86. The fourth-order valence-electron chi connectivity index (χ4n) is 0.445. The molecule has 0 aromatic carbocycles. The highest BCUT2D eigenvalue weighted by Gasteiger charge is 2.03. The van der Waals surface area contributed by atoms with Gasteiger partial charge in [-0.3, -0.25) is 0 Å². The van der Waals surface area contributed by atoms with E-state index in [-0.39, 0.29) is 0 Å². The molecule has 0 spiro atoms. The second-order valence-electron chi connectivity index (χ2n) is 1.71. The number of aromatic nitrogens is 2. The normalized spacial score (nSPS) is 9.40. The van der Waals surface area contributed by atoms with Crippen molar-refractivity contribution in [1.82, 2.24) is 9.36 Å². The van der Waals surface area contributed by atoms with E-state index in [4.69, 9.17) is 10.1 Å². The fraction of sp³-hybridized carbons (Fsp3) is 0.400. The van der Waals surface area contributed by atoms with Crippen molar-refractivity contribution in [2.24, 2.45) is 0 Å². The van der Waals surface area contributed by atoms with E-state index in [9.17, 15) is 0 Å². The monoisotopic (exact) mass is 157 g/mol. The molecule has 0 fully saturated rings. The van der Waals surface area contributed by atoms with Crippen LogP contribution in [0.3, 0.4) is 0 Å². The topological polar surface area (TPSA) is 58.9 Å². The molecule has 1 aromatic rings. The van der Waals surface area contributed by atoms with Crippen LogP contribution in [0.1, 0.15) is 11.9 Å². The zero-order valence-corrected chi connectivity index (χ0v) is 6.53. The minimum Gasteiger partial charge on any atom is -0.466 e. The van der Waals surface area contributed by atoms with Gasteiger partial charge in [-0.1, -0.05) is 0 Å². The standard InChI is InChI=1S/C5H7N3OS/c1-3(6)4-7-5(9-2)8-10-4/h6H,1-2H3. The molecule has 1 N–H and O–H groups in total. The van der Waals surface area contributed by atoms with E-state index in [0.29, 0.717) is 16.7 Å². The van der Waals surface area contributed by atoms with E-state index in [1.807, 2.05) is 0 Å². The van der Waals surface area contributed by atoms with E-state index in [2.05, 4.69) is 9.36 Å². The summed E-state index contributed by atoms with van der Waals surface area (Å²) in [5, 5.41) is 7.78. The second-order valence-corrected chi connectivity index (χ2v) is 2.46. The molecule has 1 aromatic heterocycles. The molecule has 0 aliphatic rings. The maximum Gasteiger partial charge on any atom is 0.328 e. The summed E-state index contributed by atoms with van der Waals surface area (Å²) in [6.45, 7) is 1.67. The van der Waals surface area contributed by atoms with Crippen molar-refractivity contribution in [3.05, 3.63) is 5.01 Å². The molecular weight excluding hydrogens is 150 g/mol. The van der Waals surface area contributed by atoms with Gasteiger partial charge in [0.05, 0.1) is 12.8 Å². The zero-order valence-electron chi connectivity index (χ0n) is 5.71. The Labute approximate surface area is 62.5 Å². The minimum atomic E-state index is 0.339. The summed E-state index contributed by atoms with van der Waals surface area (Å²) in [5.41, 5.74) is 0.417. The van der Waals surface area contributed by atoms with Crippen LogP contribution in [0.25, 0.3) is 0 Å². The second kappa shape index (κ2) is 2.74. The largest absolute Gasteiger partial charge is 0.466 e. The first-order valence-electron chi connectivity index (χ1n) is 2.67. The SMILES string of the molecule is COc1nsc(C(C)=N)n1. The molecule has 1 heterocycles. The zero-order chi connectivity index (χ0) is 7.56. The molecule has 0 aliphatic carbocycles. The maximum absolute atomic E-state index is 7.18. The van der Waals surface area contributed by atoms with Gasteiger partial charge in [-0.05, 0) is 18.5 Å². The third kappa shape index (κ3) is 1.30. The molecule has 0 unspecified atom stereocenters. The first-order chi connectivity index (χ1) is 4.74. The number of hydrogen-bond acceptors (Lipinski definition) is 5. The highest BCUT2D eigenvalue weighted by atomic mass is 32.1. The predicted molar refractivity (Wildman–Crippen MR) is 39.0 cm³/mol. The van der Waals surface area contributed by atoms with Gasteiger partial charge in [0.2, 0.25) is 0 Å². The van der Waals surface area contributed by atoms with Crippen LogP contribution in [0.4, 0.5) is 0 Å². The van der Waals surface area contributed by atoms with Gasteiger partial charge in [0, 0.05) is 0 Å². The summed E-state index contributed by atoms with van der Waals surface area (Å²) in [6, 6.07) is 0.339. The summed E-state index contributed by atoms with van der Waals surface area (Å²) in [5.74, 6) is 0. The Morgan fingerprint density at radius 1 is 1.70 bits per heavy atom. The van der Waals surface area contributed by atoms with Gasteiger partial charge in [-0.25, -0.2) is 0 Å². The van der Waals surface area contributed by atoms with E-state index in [1.54, 1.807) is 6.92 Å². The van der Waals surface area contributed by atoms with E-state index in [1.165, 1.54) is 18.6 Å². The number of nitrogens with one attached hydrogen (secondary N) is 1. The van der Waals surface area contributed by atoms with Crippen molar-refractivity contribution in [1.29, 1.82) is 5.41 Å². The quantitative estimate of drug-likeness (QED) is 0.650. The Morgan fingerprint density at radius 2 is 2.40 bits per heavy atom. The van der Waals surface area contributed by atoms with Gasteiger partial charge in [-0.2, -0.15) is 4.98 Å². The number of nitrogens with zero attached hydrogens (tertiary/aromatic N) is 2. The van der Waals surface area contributed by atoms with Crippen molar-refractivity contribution in [3.63, 3.8) is 0 Å². The summed E-state index contributed by atoms with van der Waals surface area (Å²) in [6.07, 6.45) is 0. The van der Waals surface area contributed by atoms with Crippen LogP contribution in [0.15, 0.2) is 0 Å². The van der Waals surface area contributed by atoms with Crippen molar-refractivity contribution in [2.75, 3.05) is 7.11 Å². The van der Waals surface area contributed by atoms with Crippen LogP contribution in [0, 0.1) is 5.41 Å². The molecule has 4 nitrogen and oxygen atoms in total. The molecule has 0 atom stereocenters. The lowest BCUT2D eigenvalue weighted by molar-refractivity contribution is 0.386. The van der Waals surface area contributed by atoms with Crippen LogP contribution >= 0.6 is 11.5 Å². The van der Waals surface area contributed by atoms with Crippen molar-refractivity contribution >= 4 is 17.2 Å². The molecule has 0 radical (unpaired) electrons. The maximum atomic E-state index is 7.18. The van der Waals surface area contributed by atoms with Crippen molar-refractivity contribution < 1.29 is 4.74 Å². The van der Waals surface area contributed by atoms with Crippen LogP contribution in [-0.2, 0) is 0 Å². The Kier molecular flexibility index (Phi) is 1.96. The molecule has 0 bridgehead atoms. The lowest BCUT2D eigenvalue weighted by atomic mass is 10.5. The molecule has 0 saturated carbocycles. The van der Waals surface area contributed by atoms with Gasteiger partial charge < -0.3 is 10.1 Å². The van der Waals surface area contributed by atoms with Crippen molar-refractivity contribution in [3.8, 4) is 6.01 Å². The lowest BCUT2D eigenvalue weighted by Crippen LogP contribution is -1.90. The number of rotatable bonds is 2.